The zero-order valence-corrected chi connectivity index (χ0v) is 16.3. The van der Waals surface area contributed by atoms with Crippen LogP contribution in [0.15, 0.2) is 48.8 Å². The van der Waals surface area contributed by atoms with Crippen LogP contribution in [-0.4, -0.2) is 34.0 Å². The van der Waals surface area contributed by atoms with E-state index in [2.05, 4.69) is 52.5 Å². The summed E-state index contributed by atoms with van der Waals surface area (Å²) in [6.45, 7) is 5.14. The molecule has 3 heterocycles. The van der Waals surface area contributed by atoms with E-state index in [9.17, 15) is 0 Å². The van der Waals surface area contributed by atoms with Gasteiger partial charge in [-0.05, 0) is 48.9 Å². The molecule has 2 aliphatic rings. The first-order valence-electron chi connectivity index (χ1n) is 10.3. The number of nitrogens with one attached hydrogen (secondary N) is 1. The normalized spacial score (nSPS) is 22.0. The van der Waals surface area contributed by atoms with Crippen LogP contribution in [0.5, 0.6) is 0 Å². The zero-order valence-electron chi connectivity index (χ0n) is 16.3. The molecule has 1 N–H and O–H groups in total. The summed E-state index contributed by atoms with van der Waals surface area (Å²) < 4.78 is 0. The standard InChI is InChI=1S/C23H30N4/c1-2-3-4-14-27(22-11-5-8-18-9-6-13-25-23(18)22)17-20-15-21-19(16-26-20)10-7-12-24-21/h3-4,6-7,9-10,12-13,20,22,26H,2,5,8,11,14-17H2,1H3/b4-3+/t20-,22-/m0/s1. The van der Waals surface area contributed by atoms with E-state index in [0.29, 0.717) is 12.1 Å². The summed E-state index contributed by atoms with van der Waals surface area (Å²) in [5.74, 6) is 0. The lowest BCUT2D eigenvalue weighted by Gasteiger charge is -2.37. The smallest absolute Gasteiger partial charge is 0.0607 e. The molecule has 2 aromatic heterocycles. The van der Waals surface area contributed by atoms with Crippen LogP contribution in [0.25, 0.3) is 0 Å². The Morgan fingerprint density at radius 2 is 2.00 bits per heavy atom. The summed E-state index contributed by atoms with van der Waals surface area (Å²) in [6.07, 6.45) is 14.2. The Bertz CT molecular complexity index is 785. The number of aromatic nitrogens is 2. The van der Waals surface area contributed by atoms with Gasteiger partial charge in [0.2, 0.25) is 0 Å². The van der Waals surface area contributed by atoms with E-state index in [1.165, 1.54) is 35.4 Å². The highest BCUT2D eigenvalue weighted by atomic mass is 15.2. The van der Waals surface area contributed by atoms with E-state index in [4.69, 9.17) is 4.98 Å². The van der Waals surface area contributed by atoms with Gasteiger partial charge in [0.05, 0.1) is 11.7 Å². The fraction of sp³-hybridized carbons (Fsp3) is 0.478. The molecule has 0 aromatic carbocycles. The minimum absolute atomic E-state index is 0.420. The lowest BCUT2D eigenvalue weighted by Crippen LogP contribution is -2.46. The molecule has 27 heavy (non-hydrogen) atoms. The predicted molar refractivity (Wildman–Crippen MR) is 109 cm³/mol. The number of rotatable bonds is 6. The van der Waals surface area contributed by atoms with Crippen LogP contribution >= 0.6 is 0 Å². The summed E-state index contributed by atoms with van der Waals surface area (Å²) >= 11 is 0. The van der Waals surface area contributed by atoms with Crippen molar-refractivity contribution in [1.82, 2.24) is 20.2 Å². The largest absolute Gasteiger partial charge is 0.308 e. The van der Waals surface area contributed by atoms with Crippen molar-refractivity contribution in [3.63, 3.8) is 0 Å². The summed E-state index contributed by atoms with van der Waals surface area (Å²) in [6, 6.07) is 9.42. The Morgan fingerprint density at radius 3 is 2.89 bits per heavy atom. The summed E-state index contributed by atoms with van der Waals surface area (Å²) in [5.41, 5.74) is 5.33. The second-order valence-corrected chi connectivity index (χ2v) is 7.68. The minimum atomic E-state index is 0.420. The number of pyridine rings is 2. The molecule has 0 saturated heterocycles. The molecule has 142 valence electrons. The lowest BCUT2D eigenvalue weighted by molar-refractivity contribution is 0.170. The molecular formula is C23H30N4. The summed E-state index contributed by atoms with van der Waals surface area (Å²) in [5, 5.41) is 3.73. The van der Waals surface area contributed by atoms with Gasteiger partial charge < -0.3 is 5.32 Å². The quantitative estimate of drug-likeness (QED) is 0.793. The Morgan fingerprint density at radius 1 is 1.15 bits per heavy atom. The monoisotopic (exact) mass is 362 g/mol. The van der Waals surface area contributed by atoms with E-state index in [1.54, 1.807) is 0 Å². The number of hydrogen-bond acceptors (Lipinski definition) is 4. The Balaban J connectivity index is 1.53. The Kier molecular flexibility index (Phi) is 5.95. The van der Waals surface area contributed by atoms with Crippen LogP contribution in [0.4, 0.5) is 0 Å². The highest BCUT2D eigenvalue weighted by Crippen LogP contribution is 2.33. The Hall–Kier alpha value is -2.04. The van der Waals surface area contributed by atoms with Crippen LogP contribution in [0.2, 0.25) is 0 Å². The molecule has 4 nitrogen and oxygen atoms in total. The first kappa shape index (κ1) is 18.3. The van der Waals surface area contributed by atoms with Gasteiger partial charge in [0.15, 0.2) is 0 Å². The van der Waals surface area contributed by atoms with Gasteiger partial charge in [-0.2, -0.15) is 0 Å². The van der Waals surface area contributed by atoms with Crippen LogP contribution in [0.3, 0.4) is 0 Å². The molecule has 4 heteroatoms. The van der Waals surface area contributed by atoms with E-state index in [0.717, 1.165) is 38.9 Å². The van der Waals surface area contributed by atoms with E-state index in [1.807, 2.05) is 18.5 Å². The van der Waals surface area contributed by atoms with E-state index < -0.39 is 0 Å². The molecule has 0 amide bonds. The highest BCUT2D eigenvalue weighted by molar-refractivity contribution is 5.26. The third-order valence-electron chi connectivity index (χ3n) is 5.81. The van der Waals surface area contributed by atoms with Crippen LogP contribution < -0.4 is 5.32 Å². The molecule has 4 rings (SSSR count). The van der Waals surface area contributed by atoms with Gasteiger partial charge >= 0.3 is 0 Å². The van der Waals surface area contributed by atoms with Crippen molar-refractivity contribution in [1.29, 1.82) is 0 Å². The second kappa shape index (κ2) is 8.77. The van der Waals surface area contributed by atoms with Crippen molar-refractivity contribution in [3.05, 3.63) is 71.3 Å². The third kappa shape index (κ3) is 4.28. The minimum Gasteiger partial charge on any atom is -0.308 e. The second-order valence-electron chi connectivity index (χ2n) is 7.68. The van der Waals surface area contributed by atoms with Crippen LogP contribution in [-0.2, 0) is 19.4 Å². The molecule has 1 aliphatic carbocycles. The van der Waals surface area contributed by atoms with Gasteiger partial charge in [-0.1, -0.05) is 31.2 Å². The molecule has 1 aliphatic heterocycles. The number of allylic oxidation sites excluding steroid dienone is 1. The average molecular weight is 363 g/mol. The molecule has 0 spiro atoms. The van der Waals surface area contributed by atoms with E-state index in [-0.39, 0.29) is 0 Å². The van der Waals surface area contributed by atoms with Crippen LogP contribution in [0.1, 0.15) is 54.7 Å². The lowest BCUT2D eigenvalue weighted by atomic mass is 9.90. The molecule has 0 unspecified atom stereocenters. The average Bonchev–Trinajstić information content (AvgIpc) is 2.73. The number of fused-ring (bicyclic) bond motifs is 2. The number of hydrogen-bond donors (Lipinski definition) is 1. The van der Waals surface area contributed by atoms with Crippen LogP contribution in [0, 0.1) is 0 Å². The van der Waals surface area contributed by atoms with Crippen molar-refractivity contribution < 1.29 is 0 Å². The van der Waals surface area contributed by atoms with Gasteiger partial charge in [0, 0.05) is 50.2 Å². The summed E-state index contributed by atoms with van der Waals surface area (Å²) in [7, 11) is 0. The first-order valence-corrected chi connectivity index (χ1v) is 10.3. The van der Waals surface area contributed by atoms with Gasteiger partial charge in [0.25, 0.3) is 0 Å². The van der Waals surface area contributed by atoms with Gasteiger partial charge in [-0.15, -0.1) is 0 Å². The molecule has 0 radical (unpaired) electrons. The predicted octanol–water partition coefficient (Wildman–Crippen LogP) is 3.84. The fourth-order valence-corrected chi connectivity index (χ4v) is 4.43. The number of aryl methyl sites for hydroxylation is 1. The maximum Gasteiger partial charge on any atom is 0.0607 e. The molecule has 0 saturated carbocycles. The molecule has 0 fully saturated rings. The number of nitrogens with zero attached hydrogens (tertiary/aromatic N) is 3. The Labute approximate surface area is 162 Å². The SMILES string of the molecule is CC/C=C/CN(C[C@@H]1Cc2ncccc2CN1)[C@H]1CCCc2cccnc21. The van der Waals surface area contributed by atoms with Gasteiger partial charge in [-0.25, -0.2) is 0 Å². The van der Waals surface area contributed by atoms with Gasteiger partial charge in [-0.3, -0.25) is 14.9 Å². The highest BCUT2D eigenvalue weighted by Gasteiger charge is 2.29. The fourth-order valence-electron chi connectivity index (χ4n) is 4.43. The van der Waals surface area contributed by atoms with Crippen molar-refractivity contribution >= 4 is 0 Å². The van der Waals surface area contributed by atoms with Crippen molar-refractivity contribution in [3.8, 4) is 0 Å². The van der Waals surface area contributed by atoms with Gasteiger partial charge in [0.1, 0.15) is 0 Å². The molecular weight excluding hydrogens is 332 g/mol. The first-order chi connectivity index (χ1) is 13.3. The van der Waals surface area contributed by atoms with Crippen molar-refractivity contribution in [2.75, 3.05) is 13.1 Å². The van der Waals surface area contributed by atoms with Crippen molar-refractivity contribution in [2.24, 2.45) is 0 Å². The van der Waals surface area contributed by atoms with Crippen molar-refractivity contribution in [2.45, 2.75) is 57.7 Å². The van der Waals surface area contributed by atoms with E-state index >= 15 is 0 Å². The third-order valence-corrected chi connectivity index (χ3v) is 5.81. The topological polar surface area (TPSA) is 41.1 Å². The zero-order chi connectivity index (χ0) is 18.5. The molecule has 0 bridgehead atoms. The maximum atomic E-state index is 4.78. The molecule has 2 aromatic rings. The molecule has 2 atom stereocenters. The summed E-state index contributed by atoms with van der Waals surface area (Å²) in [4.78, 5) is 12.0. The maximum absolute atomic E-state index is 4.78.